The van der Waals surface area contributed by atoms with Crippen LogP contribution < -0.4 is 0 Å². The first-order valence-electron chi connectivity index (χ1n) is 6.69. The van der Waals surface area contributed by atoms with Gasteiger partial charge >= 0.3 is 0 Å². The first kappa shape index (κ1) is 16.1. The van der Waals surface area contributed by atoms with Crippen LogP contribution in [0.3, 0.4) is 0 Å². The van der Waals surface area contributed by atoms with Gasteiger partial charge in [-0.15, -0.1) is 0 Å². The fourth-order valence-corrected chi connectivity index (χ4v) is 3.48. The Morgan fingerprint density at radius 1 is 1.28 bits per heavy atom. The Hall–Kier alpha value is 0.0569. The van der Waals surface area contributed by atoms with E-state index in [2.05, 4.69) is 33.9 Å². The van der Waals surface area contributed by atoms with Gasteiger partial charge in [-0.1, -0.05) is 20.8 Å². The number of rotatable bonds is 4. The molecule has 4 nitrogen and oxygen atoms in total. The third-order valence-electron chi connectivity index (χ3n) is 2.97. The summed E-state index contributed by atoms with van der Waals surface area (Å²) in [6, 6.07) is 0. The molecule has 0 aromatic rings. The van der Waals surface area contributed by atoms with E-state index in [9.17, 15) is 5.11 Å². The summed E-state index contributed by atoms with van der Waals surface area (Å²) in [6.45, 7) is 14.4. The molecule has 1 unspecified atom stereocenters. The van der Waals surface area contributed by atoms with Crippen molar-refractivity contribution in [2.75, 3.05) is 6.61 Å². The second-order valence-electron chi connectivity index (χ2n) is 6.79. The number of ether oxygens (including phenoxy) is 2. The summed E-state index contributed by atoms with van der Waals surface area (Å²) >= 11 is 0. The summed E-state index contributed by atoms with van der Waals surface area (Å²) in [5, 5.41) is 9.47. The zero-order chi connectivity index (χ0) is 14.1. The molecule has 0 saturated carbocycles. The molecule has 0 radical (unpaired) electrons. The molecule has 0 amide bonds. The monoisotopic (exact) mass is 276 g/mol. The molecule has 108 valence electrons. The molecule has 5 heteroatoms. The Morgan fingerprint density at radius 3 is 2.22 bits per heavy atom. The molecule has 0 bridgehead atoms. The van der Waals surface area contributed by atoms with Gasteiger partial charge in [0.2, 0.25) is 0 Å². The van der Waals surface area contributed by atoms with E-state index in [1.165, 1.54) is 0 Å². The summed E-state index contributed by atoms with van der Waals surface area (Å²) in [6.07, 6.45) is -0.569. The van der Waals surface area contributed by atoms with Crippen LogP contribution in [-0.4, -0.2) is 44.9 Å². The van der Waals surface area contributed by atoms with Crippen LogP contribution in [0.15, 0.2) is 0 Å². The van der Waals surface area contributed by atoms with Gasteiger partial charge in [-0.25, -0.2) is 0 Å². The predicted molar refractivity (Wildman–Crippen MR) is 74.1 cm³/mol. The molecule has 18 heavy (non-hydrogen) atoms. The third-order valence-corrected chi connectivity index (χ3v) is 3.81. The summed E-state index contributed by atoms with van der Waals surface area (Å²) in [5.74, 6) is -0.649. The molecule has 1 N–H and O–H groups in total. The molecule has 1 fully saturated rings. The fourth-order valence-electron chi connectivity index (χ4n) is 2.33. The van der Waals surface area contributed by atoms with Crippen LogP contribution in [-0.2, 0) is 13.9 Å². The minimum Gasteiger partial charge on any atom is -0.414 e. The van der Waals surface area contributed by atoms with E-state index in [0.29, 0.717) is 0 Å². The van der Waals surface area contributed by atoms with Gasteiger partial charge in [0.15, 0.2) is 14.8 Å². The lowest BCUT2D eigenvalue weighted by atomic mass is 9.84. The molecule has 0 spiro atoms. The standard InChI is InChI=1S/C13H28O4Si/c1-12(2,3)11(17-18(6)7)10-9(8-14)15-13(4,5)16-10/h9-11,14,18H,8H2,1-7H3/t9-,10-,11?/m1/s1. The minimum atomic E-state index is -1.18. The summed E-state index contributed by atoms with van der Waals surface area (Å²) < 4.78 is 17.8. The van der Waals surface area contributed by atoms with Crippen molar-refractivity contribution in [3.8, 4) is 0 Å². The molecule has 1 saturated heterocycles. The van der Waals surface area contributed by atoms with Gasteiger partial charge in [-0.05, 0) is 32.4 Å². The normalized spacial score (nSPS) is 29.8. The molecule has 0 aromatic heterocycles. The number of hydrogen-bond acceptors (Lipinski definition) is 4. The average molecular weight is 276 g/mol. The van der Waals surface area contributed by atoms with E-state index in [4.69, 9.17) is 13.9 Å². The fraction of sp³-hybridized carbons (Fsp3) is 1.00. The highest BCUT2D eigenvalue weighted by Gasteiger charge is 2.48. The molecule has 3 atom stereocenters. The van der Waals surface area contributed by atoms with Crippen LogP contribution in [0, 0.1) is 5.41 Å². The zero-order valence-corrected chi connectivity index (χ0v) is 13.8. The lowest BCUT2D eigenvalue weighted by molar-refractivity contribution is -0.160. The van der Waals surface area contributed by atoms with Crippen LogP contribution in [0.5, 0.6) is 0 Å². The predicted octanol–water partition coefficient (Wildman–Crippen LogP) is 1.91. The first-order chi connectivity index (χ1) is 8.07. The van der Waals surface area contributed by atoms with Gasteiger partial charge < -0.3 is 19.0 Å². The van der Waals surface area contributed by atoms with E-state index >= 15 is 0 Å². The summed E-state index contributed by atoms with van der Waals surface area (Å²) in [7, 11) is -1.18. The summed E-state index contributed by atoms with van der Waals surface area (Å²) in [5.41, 5.74) is -0.0425. The van der Waals surface area contributed by atoms with Crippen molar-refractivity contribution >= 4 is 9.04 Å². The largest absolute Gasteiger partial charge is 0.414 e. The van der Waals surface area contributed by atoms with E-state index in [0.717, 1.165) is 0 Å². The highest BCUT2D eigenvalue weighted by molar-refractivity contribution is 6.48. The molecule has 1 heterocycles. The van der Waals surface area contributed by atoms with Crippen LogP contribution in [0.1, 0.15) is 34.6 Å². The topological polar surface area (TPSA) is 47.9 Å². The maximum Gasteiger partial charge on any atom is 0.171 e. The van der Waals surface area contributed by atoms with Gasteiger partial charge in [-0.3, -0.25) is 0 Å². The molecule has 1 rings (SSSR count). The van der Waals surface area contributed by atoms with Gasteiger partial charge in [0, 0.05) is 0 Å². The maximum absolute atomic E-state index is 9.47. The van der Waals surface area contributed by atoms with Crippen molar-refractivity contribution in [3.63, 3.8) is 0 Å². The number of aliphatic hydroxyl groups is 1. The van der Waals surface area contributed by atoms with E-state index in [1.54, 1.807) is 0 Å². The van der Waals surface area contributed by atoms with Crippen LogP contribution >= 0.6 is 0 Å². The van der Waals surface area contributed by atoms with Gasteiger partial charge in [-0.2, -0.15) is 0 Å². The zero-order valence-electron chi connectivity index (χ0n) is 12.7. The van der Waals surface area contributed by atoms with Crippen molar-refractivity contribution in [1.82, 2.24) is 0 Å². The van der Waals surface area contributed by atoms with Crippen molar-refractivity contribution in [2.24, 2.45) is 5.41 Å². The molecule has 1 aliphatic rings. The third kappa shape index (κ3) is 4.03. The second-order valence-corrected chi connectivity index (χ2v) is 9.16. The molecular formula is C13H28O4Si. The molecule has 1 aliphatic heterocycles. The molecule has 0 aliphatic carbocycles. The Morgan fingerprint density at radius 2 is 1.83 bits per heavy atom. The van der Waals surface area contributed by atoms with Crippen molar-refractivity contribution in [2.45, 2.75) is 71.8 Å². The first-order valence-corrected chi connectivity index (χ1v) is 9.47. The van der Waals surface area contributed by atoms with Crippen molar-refractivity contribution in [3.05, 3.63) is 0 Å². The van der Waals surface area contributed by atoms with Gasteiger partial charge in [0.05, 0.1) is 12.7 Å². The van der Waals surface area contributed by atoms with Crippen LogP contribution in [0.2, 0.25) is 13.1 Å². The Balaban J connectivity index is 2.91. The number of hydrogen-bond donors (Lipinski definition) is 1. The molecule has 0 aromatic carbocycles. The van der Waals surface area contributed by atoms with E-state index in [-0.39, 0.29) is 30.3 Å². The van der Waals surface area contributed by atoms with Gasteiger partial charge in [0.25, 0.3) is 0 Å². The number of aliphatic hydroxyl groups excluding tert-OH is 1. The average Bonchev–Trinajstić information content (AvgIpc) is 2.48. The summed E-state index contributed by atoms with van der Waals surface area (Å²) in [4.78, 5) is 0. The lowest BCUT2D eigenvalue weighted by Crippen LogP contribution is -2.48. The van der Waals surface area contributed by atoms with Crippen LogP contribution in [0.4, 0.5) is 0 Å². The van der Waals surface area contributed by atoms with Crippen molar-refractivity contribution in [1.29, 1.82) is 0 Å². The van der Waals surface area contributed by atoms with E-state index < -0.39 is 14.8 Å². The quantitative estimate of drug-likeness (QED) is 0.797. The SMILES string of the molecule is C[SiH](C)OC([C@@H]1OC(C)(C)O[C@@H]1CO)C(C)(C)C. The second kappa shape index (κ2) is 5.59. The Labute approximate surface area is 112 Å². The smallest absolute Gasteiger partial charge is 0.171 e. The maximum atomic E-state index is 9.47. The Kier molecular flexibility index (Phi) is 5.00. The highest BCUT2D eigenvalue weighted by atomic mass is 28.3. The van der Waals surface area contributed by atoms with Crippen LogP contribution in [0.25, 0.3) is 0 Å². The van der Waals surface area contributed by atoms with E-state index in [1.807, 2.05) is 13.8 Å². The van der Waals surface area contributed by atoms with Gasteiger partial charge in [0.1, 0.15) is 12.2 Å². The molecular weight excluding hydrogens is 248 g/mol. The lowest BCUT2D eigenvalue weighted by Gasteiger charge is -2.37. The Bertz CT molecular complexity index is 273. The highest BCUT2D eigenvalue weighted by Crippen LogP contribution is 2.37. The minimum absolute atomic E-state index is 0.0380. The van der Waals surface area contributed by atoms with Crippen molar-refractivity contribution < 1.29 is 19.0 Å².